The highest BCUT2D eigenvalue weighted by atomic mass is 32.2. The third-order valence-electron chi connectivity index (χ3n) is 4.88. The number of rotatable bonds is 9. The topological polar surface area (TPSA) is 57.8 Å². The predicted molar refractivity (Wildman–Crippen MR) is 124 cm³/mol. The first-order valence-corrected chi connectivity index (χ1v) is 11.0. The number of imidazole rings is 1. The zero-order chi connectivity index (χ0) is 21.6. The second-order valence-corrected chi connectivity index (χ2v) is 8.19. The molecule has 0 N–H and O–H groups in total. The Morgan fingerprint density at radius 1 is 1.13 bits per heavy atom. The van der Waals surface area contributed by atoms with Crippen molar-refractivity contribution < 1.29 is 4.74 Å². The molecule has 0 aliphatic rings. The molecule has 2 heterocycles. The molecule has 0 aliphatic heterocycles. The van der Waals surface area contributed by atoms with Gasteiger partial charge in [-0.05, 0) is 30.7 Å². The molecule has 0 bridgehead atoms. The number of aromatic nitrogens is 5. The summed E-state index contributed by atoms with van der Waals surface area (Å²) < 4.78 is 9.90. The average Bonchev–Trinajstić information content (AvgIpc) is 3.37. The minimum atomic E-state index is 0.448. The lowest BCUT2D eigenvalue weighted by molar-refractivity contribution is 0.292. The second-order valence-electron chi connectivity index (χ2n) is 7.25. The fraction of sp³-hybridized carbons (Fsp3) is 0.208. The molecule has 4 rings (SSSR count). The normalized spacial score (nSPS) is 10.9. The lowest BCUT2D eigenvalue weighted by Crippen LogP contribution is -2.03. The number of aryl methyl sites for hydroxylation is 2. The Hall–Kier alpha value is -3.32. The molecule has 2 aromatic heterocycles. The lowest BCUT2D eigenvalue weighted by atomic mass is 10.1. The smallest absolute Gasteiger partial charge is 0.192 e. The Bertz CT molecular complexity index is 1160. The van der Waals surface area contributed by atoms with Crippen LogP contribution in [-0.4, -0.2) is 24.3 Å². The molecule has 6 nitrogen and oxygen atoms in total. The molecule has 4 aromatic rings. The van der Waals surface area contributed by atoms with Gasteiger partial charge < -0.3 is 9.30 Å². The first-order chi connectivity index (χ1) is 15.1. The summed E-state index contributed by atoms with van der Waals surface area (Å²) in [6.07, 6.45) is 5.56. The summed E-state index contributed by atoms with van der Waals surface area (Å²) in [5.74, 6) is 3.38. The van der Waals surface area contributed by atoms with E-state index in [1.807, 2.05) is 42.1 Å². The van der Waals surface area contributed by atoms with E-state index in [9.17, 15) is 0 Å². The first kappa shape index (κ1) is 20.9. The molecule has 31 heavy (non-hydrogen) atoms. The van der Waals surface area contributed by atoms with E-state index in [2.05, 4.69) is 63.6 Å². The van der Waals surface area contributed by atoms with Crippen LogP contribution in [-0.2, 0) is 26.0 Å². The zero-order valence-corrected chi connectivity index (χ0v) is 18.5. The van der Waals surface area contributed by atoms with Gasteiger partial charge in [0.2, 0.25) is 0 Å². The van der Waals surface area contributed by atoms with Crippen molar-refractivity contribution >= 4 is 11.8 Å². The molecule has 158 valence electrons. The molecule has 0 spiro atoms. The van der Waals surface area contributed by atoms with Gasteiger partial charge in [-0.3, -0.25) is 4.57 Å². The maximum atomic E-state index is 5.83. The van der Waals surface area contributed by atoms with Gasteiger partial charge in [-0.2, -0.15) is 0 Å². The van der Waals surface area contributed by atoms with Crippen LogP contribution in [0.15, 0.2) is 78.7 Å². The van der Waals surface area contributed by atoms with Crippen LogP contribution >= 0.6 is 11.8 Å². The van der Waals surface area contributed by atoms with Crippen LogP contribution < -0.4 is 4.74 Å². The maximum absolute atomic E-state index is 5.83. The molecule has 0 atom stereocenters. The molecule has 0 aliphatic carbocycles. The van der Waals surface area contributed by atoms with Gasteiger partial charge in [0.1, 0.15) is 18.2 Å². The highest BCUT2D eigenvalue weighted by Gasteiger charge is 2.14. The van der Waals surface area contributed by atoms with E-state index in [-0.39, 0.29) is 0 Å². The van der Waals surface area contributed by atoms with Crippen molar-refractivity contribution in [2.75, 3.05) is 0 Å². The van der Waals surface area contributed by atoms with Crippen molar-refractivity contribution in [2.45, 2.75) is 31.0 Å². The molecule has 0 saturated heterocycles. The van der Waals surface area contributed by atoms with Crippen molar-refractivity contribution in [2.24, 2.45) is 7.05 Å². The molecule has 0 saturated carbocycles. The van der Waals surface area contributed by atoms with Gasteiger partial charge >= 0.3 is 0 Å². The van der Waals surface area contributed by atoms with E-state index < -0.39 is 0 Å². The summed E-state index contributed by atoms with van der Waals surface area (Å²) >= 11 is 1.67. The van der Waals surface area contributed by atoms with Crippen molar-refractivity contribution in [3.05, 3.63) is 90.5 Å². The van der Waals surface area contributed by atoms with Crippen molar-refractivity contribution in [3.63, 3.8) is 0 Å². The van der Waals surface area contributed by atoms with Gasteiger partial charge in [0.25, 0.3) is 0 Å². The first-order valence-electron chi connectivity index (χ1n) is 10.1. The monoisotopic (exact) mass is 431 g/mol. The summed E-state index contributed by atoms with van der Waals surface area (Å²) in [4.78, 5) is 4.28. The number of benzene rings is 2. The SMILES string of the molecule is C=CCn1c(SCc2ccc(OCc3nccn3C)cc2)nnc1-c1cccc(C)c1. The molecule has 0 fully saturated rings. The highest BCUT2D eigenvalue weighted by Crippen LogP contribution is 2.27. The molecule has 7 heteroatoms. The second kappa shape index (κ2) is 9.66. The quantitative estimate of drug-likeness (QED) is 0.274. The Morgan fingerprint density at radius 2 is 1.97 bits per heavy atom. The summed E-state index contributed by atoms with van der Waals surface area (Å²) in [6, 6.07) is 16.5. The highest BCUT2D eigenvalue weighted by molar-refractivity contribution is 7.98. The Balaban J connectivity index is 1.41. The summed E-state index contributed by atoms with van der Waals surface area (Å²) in [6.45, 7) is 7.09. The third kappa shape index (κ3) is 5.06. The Morgan fingerprint density at radius 3 is 2.68 bits per heavy atom. The number of thioether (sulfide) groups is 1. The number of hydrogen-bond acceptors (Lipinski definition) is 5. The van der Waals surface area contributed by atoms with Crippen molar-refractivity contribution in [1.29, 1.82) is 0 Å². The van der Waals surface area contributed by atoms with E-state index in [1.54, 1.807) is 18.0 Å². The van der Waals surface area contributed by atoms with Gasteiger partial charge in [-0.1, -0.05) is 53.7 Å². The summed E-state index contributed by atoms with van der Waals surface area (Å²) in [5, 5.41) is 9.76. The number of nitrogens with zero attached hydrogens (tertiary/aromatic N) is 5. The number of ether oxygens (including phenoxy) is 1. The third-order valence-corrected chi connectivity index (χ3v) is 5.92. The molecule has 2 aromatic carbocycles. The fourth-order valence-electron chi connectivity index (χ4n) is 3.20. The Kier molecular flexibility index (Phi) is 6.52. The minimum Gasteiger partial charge on any atom is -0.486 e. The maximum Gasteiger partial charge on any atom is 0.192 e. The van der Waals surface area contributed by atoms with E-state index in [0.29, 0.717) is 13.2 Å². The zero-order valence-electron chi connectivity index (χ0n) is 17.7. The summed E-state index contributed by atoms with van der Waals surface area (Å²) in [7, 11) is 1.96. The standard InChI is InChI=1S/C24H25N5OS/c1-4-13-29-23(20-7-5-6-18(2)15-20)26-27-24(29)31-17-19-8-10-21(11-9-19)30-16-22-25-12-14-28(22)3/h4-12,14-15H,1,13,16-17H2,2-3H3. The van der Waals surface area contributed by atoms with Gasteiger partial charge in [0.05, 0.1) is 0 Å². The molecular formula is C24H25N5OS. The van der Waals surface area contributed by atoms with Crippen LogP contribution in [0.5, 0.6) is 5.75 Å². The molecule has 0 amide bonds. The molecule has 0 radical (unpaired) electrons. The van der Waals surface area contributed by atoms with E-state index >= 15 is 0 Å². The van der Waals surface area contributed by atoms with Crippen LogP contribution in [0, 0.1) is 6.92 Å². The van der Waals surface area contributed by atoms with Gasteiger partial charge in [0, 0.05) is 37.3 Å². The van der Waals surface area contributed by atoms with Crippen LogP contribution in [0.4, 0.5) is 0 Å². The van der Waals surface area contributed by atoms with Gasteiger partial charge in [0.15, 0.2) is 11.0 Å². The van der Waals surface area contributed by atoms with Crippen LogP contribution in [0.25, 0.3) is 11.4 Å². The van der Waals surface area contributed by atoms with E-state index in [1.165, 1.54) is 11.1 Å². The largest absolute Gasteiger partial charge is 0.486 e. The predicted octanol–water partition coefficient (Wildman–Crippen LogP) is 5.04. The number of allylic oxidation sites excluding steroid dienone is 1. The lowest BCUT2D eigenvalue weighted by Gasteiger charge is -2.09. The van der Waals surface area contributed by atoms with Crippen molar-refractivity contribution in [1.82, 2.24) is 24.3 Å². The van der Waals surface area contributed by atoms with E-state index in [4.69, 9.17) is 4.74 Å². The van der Waals surface area contributed by atoms with Gasteiger partial charge in [-0.15, -0.1) is 16.8 Å². The number of hydrogen-bond donors (Lipinski definition) is 0. The summed E-state index contributed by atoms with van der Waals surface area (Å²) in [5.41, 5.74) is 3.46. The fourth-order valence-corrected chi connectivity index (χ4v) is 4.10. The molecule has 0 unspecified atom stereocenters. The Labute approximate surface area is 186 Å². The van der Waals surface area contributed by atoms with Crippen LogP contribution in [0.3, 0.4) is 0 Å². The van der Waals surface area contributed by atoms with Crippen LogP contribution in [0.2, 0.25) is 0 Å². The van der Waals surface area contributed by atoms with Crippen LogP contribution in [0.1, 0.15) is 17.0 Å². The molecular weight excluding hydrogens is 406 g/mol. The minimum absolute atomic E-state index is 0.448. The van der Waals surface area contributed by atoms with Gasteiger partial charge in [-0.25, -0.2) is 4.98 Å². The van der Waals surface area contributed by atoms with Crippen molar-refractivity contribution in [3.8, 4) is 17.1 Å². The average molecular weight is 432 g/mol. The van der Waals surface area contributed by atoms with E-state index in [0.717, 1.165) is 33.9 Å².